The molecular formula is C54H36N2. The molecule has 0 N–H and O–H groups in total. The lowest BCUT2D eigenvalue weighted by Crippen LogP contribution is -2.10. The van der Waals surface area contributed by atoms with E-state index in [-0.39, 0.29) is 0 Å². The van der Waals surface area contributed by atoms with E-state index in [1.54, 1.807) is 0 Å². The van der Waals surface area contributed by atoms with Crippen LogP contribution in [-0.2, 0) is 0 Å². The molecule has 2 heteroatoms. The molecule has 0 spiro atoms. The first kappa shape index (κ1) is 32.0. The van der Waals surface area contributed by atoms with Gasteiger partial charge in [-0.25, -0.2) is 0 Å². The summed E-state index contributed by atoms with van der Waals surface area (Å²) in [5.41, 5.74) is 11.7. The maximum absolute atomic E-state index is 2.42. The van der Waals surface area contributed by atoms with E-state index in [1.165, 1.54) is 76.4 Å². The summed E-state index contributed by atoms with van der Waals surface area (Å²) in [4.78, 5) is 2.42. The van der Waals surface area contributed by atoms with Gasteiger partial charge in [-0.05, 0) is 110 Å². The average molecular weight is 713 g/mol. The number of nitrogens with zero attached hydrogens (tertiary/aromatic N) is 2. The smallest absolute Gasteiger partial charge is 0.0547 e. The minimum atomic E-state index is 1.10. The summed E-state index contributed by atoms with van der Waals surface area (Å²) in [6.45, 7) is 0. The molecule has 10 aromatic carbocycles. The zero-order chi connectivity index (χ0) is 37.0. The summed E-state index contributed by atoms with van der Waals surface area (Å²) in [5.74, 6) is 0. The Morgan fingerprint density at radius 3 is 1.79 bits per heavy atom. The van der Waals surface area contributed by atoms with Gasteiger partial charge in [0.15, 0.2) is 0 Å². The van der Waals surface area contributed by atoms with Crippen molar-refractivity contribution in [3.05, 3.63) is 218 Å². The van der Waals surface area contributed by atoms with Gasteiger partial charge in [-0.15, -0.1) is 0 Å². The summed E-state index contributed by atoms with van der Waals surface area (Å²) in [7, 11) is 0. The van der Waals surface area contributed by atoms with Gasteiger partial charge >= 0.3 is 0 Å². The molecule has 56 heavy (non-hydrogen) atoms. The first-order valence-electron chi connectivity index (χ1n) is 19.3. The average Bonchev–Trinajstić information content (AvgIpc) is 3.62. The molecule has 0 aliphatic heterocycles. The third kappa shape index (κ3) is 5.26. The second kappa shape index (κ2) is 13.2. The second-order valence-electron chi connectivity index (χ2n) is 14.5. The highest BCUT2D eigenvalue weighted by Gasteiger charge is 2.20. The van der Waals surface area contributed by atoms with Crippen LogP contribution in [0.4, 0.5) is 17.1 Å². The Hall–Kier alpha value is -7.42. The highest BCUT2D eigenvalue weighted by molar-refractivity contribution is 6.25. The number of aromatic nitrogens is 1. The Kier molecular flexibility index (Phi) is 7.53. The van der Waals surface area contributed by atoms with Gasteiger partial charge in [0, 0.05) is 33.2 Å². The maximum atomic E-state index is 2.42. The maximum Gasteiger partial charge on any atom is 0.0547 e. The number of hydrogen-bond acceptors (Lipinski definition) is 1. The Morgan fingerprint density at radius 2 is 0.946 bits per heavy atom. The molecule has 0 amide bonds. The first-order chi connectivity index (χ1) is 27.8. The highest BCUT2D eigenvalue weighted by Crippen LogP contribution is 2.44. The standard InChI is InChI=1S/C54H36N2/c1-2-19-44(20-3-1)56-51-26-12-24-49(54(51)53-48-23-9-7-15-40(48)31-34-52(53)56)43-18-10-21-46(36-43)55(50-25-11-17-39-14-6-8-22-47(39)50)45-32-29-38(30-33-45)42-28-27-37-13-4-5-16-41(37)35-42/h1-36H. The normalized spacial score (nSPS) is 11.6. The lowest BCUT2D eigenvalue weighted by atomic mass is 9.96. The van der Waals surface area contributed by atoms with E-state index in [0.717, 1.165) is 22.7 Å². The van der Waals surface area contributed by atoms with Crippen molar-refractivity contribution in [3.8, 4) is 27.9 Å². The van der Waals surface area contributed by atoms with Gasteiger partial charge in [-0.2, -0.15) is 0 Å². The third-order valence-corrected chi connectivity index (χ3v) is 11.3. The zero-order valence-corrected chi connectivity index (χ0v) is 30.7. The molecule has 262 valence electrons. The monoisotopic (exact) mass is 712 g/mol. The van der Waals surface area contributed by atoms with Crippen LogP contribution in [0.2, 0.25) is 0 Å². The van der Waals surface area contributed by atoms with Crippen molar-refractivity contribution in [1.82, 2.24) is 4.57 Å². The van der Waals surface area contributed by atoms with Crippen LogP contribution in [0.15, 0.2) is 218 Å². The Labute approximate surface area is 325 Å². The molecule has 2 nitrogen and oxygen atoms in total. The van der Waals surface area contributed by atoms with Crippen molar-refractivity contribution in [3.63, 3.8) is 0 Å². The molecule has 11 aromatic rings. The van der Waals surface area contributed by atoms with Crippen LogP contribution >= 0.6 is 0 Å². The van der Waals surface area contributed by atoms with Gasteiger partial charge in [0.2, 0.25) is 0 Å². The van der Waals surface area contributed by atoms with E-state index in [1.807, 2.05) is 0 Å². The SMILES string of the molecule is c1ccc(-n2c3cccc(-c4cccc(N(c5ccc(-c6ccc7ccccc7c6)cc5)c5cccc6ccccc56)c4)c3c3c4ccccc4ccc32)cc1. The molecule has 0 saturated carbocycles. The number of anilines is 3. The van der Waals surface area contributed by atoms with Crippen LogP contribution in [0, 0.1) is 0 Å². The van der Waals surface area contributed by atoms with E-state index < -0.39 is 0 Å². The van der Waals surface area contributed by atoms with Crippen LogP contribution in [0.5, 0.6) is 0 Å². The molecular weight excluding hydrogens is 677 g/mol. The Balaban J connectivity index is 1.11. The molecule has 0 aliphatic carbocycles. The first-order valence-corrected chi connectivity index (χ1v) is 19.3. The highest BCUT2D eigenvalue weighted by atomic mass is 15.1. The fourth-order valence-corrected chi connectivity index (χ4v) is 8.74. The van der Waals surface area contributed by atoms with Gasteiger partial charge in [0.1, 0.15) is 0 Å². The predicted molar refractivity (Wildman–Crippen MR) is 239 cm³/mol. The lowest BCUT2D eigenvalue weighted by Gasteiger charge is -2.27. The summed E-state index contributed by atoms with van der Waals surface area (Å²) in [5, 5.41) is 9.96. The largest absolute Gasteiger partial charge is 0.310 e. The van der Waals surface area contributed by atoms with Crippen molar-refractivity contribution >= 4 is 71.2 Å². The third-order valence-electron chi connectivity index (χ3n) is 11.3. The number of hydrogen-bond donors (Lipinski definition) is 0. The van der Waals surface area contributed by atoms with Gasteiger partial charge < -0.3 is 9.47 Å². The van der Waals surface area contributed by atoms with Crippen molar-refractivity contribution in [2.45, 2.75) is 0 Å². The van der Waals surface area contributed by atoms with E-state index in [4.69, 9.17) is 0 Å². The number of para-hydroxylation sites is 1. The van der Waals surface area contributed by atoms with E-state index >= 15 is 0 Å². The van der Waals surface area contributed by atoms with E-state index in [0.29, 0.717) is 0 Å². The number of benzene rings is 10. The summed E-state index contributed by atoms with van der Waals surface area (Å²) in [6, 6.07) is 79.5. The fourth-order valence-electron chi connectivity index (χ4n) is 8.74. The summed E-state index contributed by atoms with van der Waals surface area (Å²) >= 11 is 0. The second-order valence-corrected chi connectivity index (χ2v) is 14.5. The van der Waals surface area contributed by atoms with Gasteiger partial charge in [0.25, 0.3) is 0 Å². The molecule has 0 bridgehead atoms. The molecule has 0 fully saturated rings. The van der Waals surface area contributed by atoms with Gasteiger partial charge in [-0.1, -0.05) is 158 Å². The van der Waals surface area contributed by atoms with Crippen molar-refractivity contribution in [1.29, 1.82) is 0 Å². The topological polar surface area (TPSA) is 8.17 Å². The fraction of sp³-hybridized carbons (Fsp3) is 0. The van der Waals surface area contributed by atoms with E-state index in [9.17, 15) is 0 Å². The Bertz CT molecular complexity index is 3240. The van der Waals surface area contributed by atoms with Crippen molar-refractivity contribution in [2.75, 3.05) is 4.90 Å². The minimum Gasteiger partial charge on any atom is -0.310 e. The molecule has 11 rings (SSSR count). The predicted octanol–water partition coefficient (Wildman–Crippen LogP) is 15.0. The van der Waals surface area contributed by atoms with Gasteiger partial charge in [0.05, 0.1) is 16.7 Å². The molecule has 0 aliphatic rings. The lowest BCUT2D eigenvalue weighted by molar-refractivity contribution is 1.18. The zero-order valence-electron chi connectivity index (χ0n) is 30.7. The Morgan fingerprint density at radius 1 is 0.321 bits per heavy atom. The summed E-state index contributed by atoms with van der Waals surface area (Å²) < 4.78 is 2.42. The molecule has 1 heterocycles. The molecule has 0 saturated heterocycles. The van der Waals surface area contributed by atoms with Crippen molar-refractivity contribution < 1.29 is 0 Å². The molecule has 0 atom stereocenters. The van der Waals surface area contributed by atoms with Gasteiger partial charge in [-0.3, -0.25) is 0 Å². The van der Waals surface area contributed by atoms with Crippen LogP contribution in [0.1, 0.15) is 0 Å². The van der Waals surface area contributed by atoms with E-state index in [2.05, 4.69) is 228 Å². The summed E-state index contributed by atoms with van der Waals surface area (Å²) in [6.07, 6.45) is 0. The molecule has 0 unspecified atom stereocenters. The minimum absolute atomic E-state index is 1.10. The van der Waals surface area contributed by atoms with Crippen LogP contribution in [0.3, 0.4) is 0 Å². The van der Waals surface area contributed by atoms with Crippen LogP contribution in [-0.4, -0.2) is 4.57 Å². The van der Waals surface area contributed by atoms with Crippen LogP contribution in [0.25, 0.3) is 82.1 Å². The number of rotatable bonds is 6. The molecule has 1 aromatic heterocycles. The quantitative estimate of drug-likeness (QED) is 0.167. The van der Waals surface area contributed by atoms with Crippen LogP contribution < -0.4 is 4.90 Å². The van der Waals surface area contributed by atoms with Crippen molar-refractivity contribution in [2.24, 2.45) is 0 Å². The molecule has 0 radical (unpaired) electrons. The number of fused-ring (bicyclic) bond motifs is 7.